The molecule has 0 bridgehead atoms. The number of carbonyl (C=O) groups is 1. The molecular formula is C17H18FN3O2. The number of hydrogen-bond donors (Lipinski definition) is 1. The van der Waals surface area contributed by atoms with Gasteiger partial charge >= 0.3 is 0 Å². The summed E-state index contributed by atoms with van der Waals surface area (Å²) in [5.74, 6) is -0.335. The maximum Gasteiger partial charge on any atom is 0.267 e. The summed E-state index contributed by atoms with van der Waals surface area (Å²) < 4.78 is 14.8. The number of amides is 1. The molecule has 1 N–H and O–H groups in total. The summed E-state index contributed by atoms with van der Waals surface area (Å²) in [6.07, 6.45) is 2.14. The molecule has 0 saturated heterocycles. The fourth-order valence-corrected chi connectivity index (χ4v) is 2.40. The summed E-state index contributed by atoms with van der Waals surface area (Å²) in [5, 5.41) is 6.95. The molecule has 1 fully saturated rings. The van der Waals surface area contributed by atoms with Gasteiger partial charge in [0.05, 0.1) is 5.69 Å². The van der Waals surface area contributed by atoms with Crippen molar-refractivity contribution in [2.24, 2.45) is 0 Å². The Morgan fingerprint density at radius 1 is 1.35 bits per heavy atom. The maximum absolute atomic E-state index is 13.6. The average molecular weight is 315 g/mol. The van der Waals surface area contributed by atoms with Gasteiger partial charge in [-0.2, -0.15) is 5.10 Å². The van der Waals surface area contributed by atoms with Crippen LogP contribution in [-0.2, 0) is 11.3 Å². The van der Waals surface area contributed by atoms with E-state index in [9.17, 15) is 14.0 Å². The molecule has 1 aromatic carbocycles. The molecule has 1 aliphatic rings. The predicted octanol–water partition coefficient (Wildman–Crippen LogP) is 2.14. The molecule has 120 valence electrons. The van der Waals surface area contributed by atoms with Gasteiger partial charge in [-0.05, 0) is 31.9 Å². The van der Waals surface area contributed by atoms with Crippen LogP contribution in [0.15, 0.2) is 41.2 Å². The first-order valence-electron chi connectivity index (χ1n) is 7.67. The third-order valence-corrected chi connectivity index (χ3v) is 4.00. The summed E-state index contributed by atoms with van der Waals surface area (Å²) >= 11 is 0. The number of benzene rings is 1. The van der Waals surface area contributed by atoms with Crippen molar-refractivity contribution >= 4 is 5.91 Å². The molecule has 23 heavy (non-hydrogen) atoms. The normalized spacial score (nSPS) is 15.2. The van der Waals surface area contributed by atoms with E-state index in [2.05, 4.69) is 10.4 Å². The molecule has 5 nitrogen and oxygen atoms in total. The van der Waals surface area contributed by atoms with Crippen LogP contribution in [0.5, 0.6) is 0 Å². The lowest BCUT2D eigenvalue weighted by Crippen LogP contribution is -2.37. The van der Waals surface area contributed by atoms with E-state index in [1.54, 1.807) is 31.2 Å². The Morgan fingerprint density at radius 2 is 2.09 bits per heavy atom. The van der Waals surface area contributed by atoms with Crippen molar-refractivity contribution in [1.29, 1.82) is 0 Å². The highest BCUT2D eigenvalue weighted by Crippen LogP contribution is 2.38. The standard InChI is InChI=1S/C17H18FN3O2/c1-11(17(23)19-10-13-4-2-3-5-14(13)18)21-16(22)9-8-15(20-21)12-6-7-12/h2-5,8-9,11-12H,6-7,10H2,1H3,(H,19,23)/t11-/m0/s1. The summed E-state index contributed by atoms with van der Waals surface area (Å²) in [6, 6.07) is 8.68. The Balaban J connectivity index is 1.71. The Hall–Kier alpha value is -2.50. The van der Waals surface area contributed by atoms with Gasteiger partial charge in [0.1, 0.15) is 11.9 Å². The van der Waals surface area contributed by atoms with Crippen LogP contribution in [0.25, 0.3) is 0 Å². The molecule has 0 aliphatic heterocycles. The SMILES string of the molecule is C[C@@H](C(=O)NCc1ccccc1F)n1nc(C2CC2)ccc1=O. The van der Waals surface area contributed by atoms with Crippen LogP contribution in [0.4, 0.5) is 4.39 Å². The average Bonchev–Trinajstić information content (AvgIpc) is 3.38. The Morgan fingerprint density at radius 3 is 2.78 bits per heavy atom. The first kappa shape index (κ1) is 15.4. The van der Waals surface area contributed by atoms with Gasteiger partial charge in [0.15, 0.2) is 0 Å². The van der Waals surface area contributed by atoms with Gasteiger partial charge in [0.2, 0.25) is 5.91 Å². The van der Waals surface area contributed by atoms with Crippen molar-refractivity contribution in [3.05, 3.63) is 63.8 Å². The van der Waals surface area contributed by atoms with Gasteiger partial charge in [-0.1, -0.05) is 18.2 Å². The van der Waals surface area contributed by atoms with Crippen LogP contribution in [0, 0.1) is 5.82 Å². The zero-order valence-corrected chi connectivity index (χ0v) is 12.8. The molecule has 0 unspecified atom stereocenters. The van der Waals surface area contributed by atoms with Gasteiger partial charge < -0.3 is 5.32 Å². The molecule has 1 atom stereocenters. The van der Waals surface area contributed by atoms with Gasteiger partial charge in [0.25, 0.3) is 5.56 Å². The molecular weight excluding hydrogens is 297 g/mol. The second-order valence-electron chi connectivity index (χ2n) is 5.80. The Kier molecular flexibility index (Phi) is 4.23. The van der Waals surface area contributed by atoms with Crippen molar-refractivity contribution in [1.82, 2.24) is 15.1 Å². The number of hydrogen-bond acceptors (Lipinski definition) is 3. The fraction of sp³-hybridized carbons (Fsp3) is 0.353. The molecule has 1 heterocycles. The highest BCUT2D eigenvalue weighted by molar-refractivity contribution is 5.79. The van der Waals surface area contributed by atoms with E-state index in [-0.39, 0.29) is 23.8 Å². The number of rotatable bonds is 5. The predicted molar refractivity (Wildman–Crippen MR) is 83.4 cm³/mol. The molecule has 0 spiro atoms. The van der Waals surface area contributed by atoms with Crippen LogP contribution >= 0.6 is 0 Å². The van der Waals surface area contributed by atoms with Crippen molar-refractivity contribution in [2.75, 3.05) is 0 Å². The van der Waals surface area contributed by atoms with Crippen LogP contribution in [0.2, 0.25) is 0 Å². The molecule has 3 rings (SSSR count). The van der Waals surface area contributed by atoms with Gasteiger partial charge in [0, 0.05) is 24.1 Å². The monoisotopic (exact) mass is 315 g/mol. The minimum absolute atomic E-state index is 0.0763. The topological polar surface area (TPSA) is 64.0 Å². The number of halogens is 1. The van der Waals surface area contributed by atoms with Crippen molar-refractivity contribution < 1.29 is 9.18 Å². The lowest BCUT2D eigenvalue weighted by Gasteiger charge is -2.15. The largest absolute Gasteiger partial charge is 0.350 e. The van der Waals surface area contributed by atoms with Crippen LogP contribution in [0.1, 0.15) is 43.0 Å². The summed E-state index contributed by atoms with van der Waals surface area (Å²) in [5.41, 5.74) is 0.932. The van der Waals surface area contributed by atoms with Gasteiger partial charge in [-0.15, -0.1) is 0 Å². The second kappa shape index (κ2) is 6.32. The third-order valence-electron chi connectivity index (χ3n) is 4.00. The van der Waals surface area contributed by atoms with Crippen molar-refractivity contribution in [2.45, 2.75) is 38.3 Å². The van der Waals surface area contributed by atoms with Crippen LogP contribution in [0.3, 0.4) is 0 Å². The first-order chi connectivity index (χ1) is 11.1. The van der Waals surface area contributed by atoms with E-state index in [4.69, 9.17) is 0 Å². The van der Waals surface area contributed by atoms with Crippen LogP contribution < -0.4 is 10.9 Å². The van der Waals surface area contributed by atoms with Crippen molar-refractivity contribution in [3.8, 4) is 0 Å². The van der Waals surface area contributed by atoms with Gasteiger partial charge in [-0.3, -0.25) is 9.59 Å². The molecule has 1 saturated carbocycles. The summed E-state index contributed by atoms with van der Waals surface area (Å²) in [7, 11) is 0. The van der Waals surface area contributed by atoms with Crippen LogP contribution in [-0.4, -0.2) is 15.7 Å². The molecule has 1 aromatic heterocycles. The number of nitrogens with one attached hydrogen (secondary N) is 1. The summed E-state index contributed by atoms with van der Waals surface area (Å²) in [6.45, 7) is 1.69. The van der Waals surface area contributed by atoms with E-state index in [1.165, 1.54) is 16.8 Å². The number of carbonyl (C=O) groups excluding carboxylic acids is 1. The van der Waals surface area contributed by atoms with E-state index >= 15 is 0 Å². The molecule has 6 heteroatoms. The van der Waals surface area contributed by atoms with E-state index < -0.39 is 6.04 Å². The molecule has 1 aliphatic carbocycles. The molecule has 0 radical (unpaired) electrons. The zero-order valence-electron chi connectivity index (χ0n) is 12.8. The fourth-order valence-electron chi connectivity index (χ4n) is 2.40. The zero-order chi connectivity index (χ0) is 16.4. The van der Waals surface area contributed by atoms with Crippen molar-refractivity contribution in [3.63, 3.8) is 0 Å². The number of nitrogens with zero attached hydrogens (tertiary/aromatic N) is 2. The number of aromatic nitrogens is 2. The quantitative estimate of drug-likeness (QED) is 0.919. The van der Waals surface area contributed by atoms with E-state index in [1.807, 2.05) is 0 Å². The lowest BCUT2D eigenvalue weighted by molar-refractivity contribution is -0.124. The lowest BCUT2D eigenvalue weighted by atomic mass is 10.2. The van der Waals surface area contributed by atoms with E-state index in [0.29, 0.717) is 11.5 Å². The minimum atomic E-state index is -0.743. The Labute approximate surface area is 133 Å². The highest BCUT2D eigenvalue weighted by Gasteiger charge is 2.27. The first-order valence-corrected chi connectivity index (χ1v) is 7.67. The minimum Gasteiger partial charge on any atom is -0.350 e. The van der Waals surface area contributed by atoms with Gasteiger partial charge in [-0.25, -0.2) is 9.07 Å². The third kappa shape index (κ3) is 3.47. The molecule has 2 aromatic rings. The summed E-state index contributed by atoms with van der Waals surface area (Å²) in [4.78, 5) is 24.2. The highest BCUT2D eigenvalue weighted by atomic mass is 19.1. The maximum atomic E-state index is 13.6. The van der Waals surface area contributed by atoms with E-state index in [0.717, 1.165) is 18.5 Å². The second-order valence-corrected chi connectivity index (χ2v) is 5.80. The molecule has 1 amide bonds. The Bertz CT molecular complexity index is 783. The smallest absolute Gasteiger partial charge is 0.267 e.